The Labute approximate surface area is 125 Å². The number of benzene rings is 2. The molecule has 0 heterocycles. The number of halogens is 2. The molecule has 0 aliphatic carbocycles. The lowest BCUT2D eigenvalue weighted by molar-refractivity contribution is 0.288. The van der Waals surface area contributed by atoms with Gasteiger partial charge in [-0.15, -0.1) is 5.10 Å². The summed E-state index contributed by atoms with van der Waals surface area (Å²) in [5.74, 6) is -1.46. The molecule has 5 nitrogen and oxygen atoms in total. The van der Waals surface area contributed by atoms with Crippen LogP contribution >= 0.6 is 0 Å². The first-order valence-corrected chi connectivity index (χ1v) is 6.33. The van der Waals surface area contributed by atoms with Gasteiger partial charge in [0.2, 0.25) is 5.96 Å². The molecule has 0 amide bonds. The van der Waals surface area contributed by atoms with E-state index >= 15 is 0 Å². The van der Waals surface area contributed by atoms with Crippen LogP contribution in [0.3, 0.4) is 0 Å². The van der Waals surface area contributed by atoms with E-state index in [0.717, 1.165) is 29.3 Å². The Kier molecular flexibility index (Phi) is 5.02. The Morgan fingerprint density at radius 2 is 1.95 bits per heavy atom. The number of ether oxygens (including phenoxy) is 1. The molecule has 0 atom stereocenters. The molecule has 22 heavy (non-hydrogen) atoms. The fourth-order valence-corrected chi connectivity index (χ4v) is 1.67. The van der Waals surface area contributed by atoms with E-state index in [-0.39, 0.29) is 18.3 Å². The van der Waals surface area contributed by atoms with Gasteiger partial charge >= 0.3 is 0 Å². The summed E-state index contributed by atoms with van der Waals surface area (Å²) in [7, 11) is 0. The molecule has 0 spiro atoms. The molecule has 0 aliphatic rings. The fourth-order valence-electron chi connectivity index (χ4n) is 1.67. The largest absolute Gasteiger partial charge is 0.486 e. The van der Waals surface area contributed by atoms with Crippen LogP contribution in [-0.4, -0.2) is 12.2 Å². The van der Waals surface area contributed by atoms with Gasteiger partial charge in [-0.3, -0.25) is 0 Å². The monoisotopic (exact) mass is 304 g/mol. The summed E-state index contributed by atoms with van der Waals surface area (Å²) in [6, 6.07) is 10.2. The van der Waals surface area contributed by atoms with Gasteiger partial charge in [0.1, 0.15) is 12.4 Å². The van der Waals surface area contributed by atoms with E-state index < -0.39 is 11.6 Å². The van der Waals surface area contributed by atoms with Crippen molar-refractivity contribution in [3.63, 3.8) is 0 Å². The molecule has 0 unspecified atom stereocenters. The van der Waals surface area contributed by atoms with E-state index in [2.05, 4.69) is 10.2 Å². The molecule has 2 aromatic rings. The number of guanidine groups is 1. The van der Waals surface area contributed by atoms with Crippen molar-refractivity contribution in [2.45, 2.75) is 6.61 Å². The van der Waals surface area contributed by atoms with Crippen LogP contribution in [0.15, 0.2) is 52.7 Å². The first kappa shape index (κ1) is 15.4. The number of nitrogens with zero attached hydrogens (tertiary/aromatic N) is 2. The molecule has 4 N–H and O–H groups in total. The zero-order valence-corrected chi connectivity index (χ0v) is 11.5. The first-order valence-electron chi connectivity index (χ1n) is 6.33. The topological polar surface area (TPSA) is 86.0 Å². The molecule has 0 aliphatic heterocycles. The lowest BCUT2D eigenvalue weighted by atomic mass is 10.1. The molecule has 0 fully saturated rings. The van der Waals surface area contributed by atoms with Crippen molar-refractivity contribution >= 4 is 12.2 Å². The van der Waals surface area contributed by atoms with Crippen LogP contribution < -0.4 is 16.2 Å². The second-order valence-corrected chi connectivity index (χ2v) is 4.38. The third kappa shape index (κ3) is 4.55. The summed E-state index contributed by atoms with van der Waals surface area (Å²) in [6.45, 7) is 0.0876. The molecule has 0 saturated carbocycles. The highest BCUT2D eigenvalue weighted by atomic mass is 19.1. The van der Waals surface area contributed by atoms with Crippen LogP contribution in [0.4, 0.5) is 8.78 Å². The molecule has 2 rings (SSSR count). The third-order valence-corrected chi connectivity index (χ3v) is 2.62. The highest BCUT2D eigenvalue weighted by Crippen LogP contribution is 2.19. The maximum atomic E-state index is 13.4. The molecular weight excluding hydrogens is 290 g/mol. The van der Waals surface area contributed by atoms with Crippen LogP contribution in [0, 0.1) is 11.6 Å². The summed E-state index contributed by atoms with van der Waals surface area (Å²) >= 11 is 0. The van der Waals surface area contributed by atoms with E-state index in [0.29, 0.717) is 0 Å². The Bertz CT molecular complexity index is 712. The van der Waals surface area contributed by atoms with Gasteiger partial charge in [0.05, 0.1) is 6.21 Å². The summed E-state index contributed by atoms with van der Waals surface area (Å²) in [4.78, 5) is 0. The summed E-state index contributed by atoms with van der Waals surface area (Å²) in [6.07, 6.45) is 1.46. The molecule has 0 bridgehead atoms. The third-order valence-electron chi connectivity index (χ3n) is 2.62. The minimum atomic E-state index is -0.619. The van der Waals surface area contributed by atoms with Gasteiger partial charge in [0, 0.05) is 6.07 Å². The van der Waals surface area contributed by atoms with E-state index in [1.807, 2.05) is 0 Å². The maximum absolute atomic E-state index is 13.4. The lowest BCUT2D eigenvalue weighted by Crippen LogP contribution is -2.21. The van der Waals surface area contributed by atoms with Gasteiger partial charge in [-0.25, -0.2) is 8.78 Å². The second-order valence-electron chi connectivity index (χ2n) is 4.38. The standard InChI is InChI=1S/C15H14F2N4O/c16-12-4-5-13(17)14(7-12)22-9-11-3-1-2-10(6-11)8-20-21-15(18)19/h1-8H,9H2,(H4,18,19,21). The van der Waals surface area contributed by atoms with Crippen LogP contribution in [0.2, 0.25) is 0 Å². The van der Waals surface area contributed by atoms with Gasteiger partial charge in [0.25, 0.3) is 0 Å². The zero-order chi connectivity index (χ0) is 15.9. The van der Waals surface area contributed by atoms with Gasteiger partial charge in [-0.2, -0.15) is 5.10 Å². The predicted octanol–water partition coefficient (Wildman–Crippen LogP) is 2.15. The Balaban J connectivity index is 2.06. The molecule has 7 heteroatoms. The number of rotatable bonds is 5. The number of hydrogen-bond donors (Lipinski definition) is 2. The lowest BCUT2D eigenvalue weighted by Gasteiger charge is -2.07. The molecule has 114 valence electrons. The summed E-state index contributed by atoms with van der Waals surface area (Å²) in [5.41, 5.74) is 11.8. The van der Waals surface area contributed by atoms with Crippen LogP contribution in [0.25, 0.3) is 0 Å². The van der Waals surface area contributed by atoms with Gasteiger partial charge in [-0.1, -0.05) is 18.2 Å². The minimum absolute atomic E-state index is 0.0876. The maximum Gasteiger partial charge on any atom is 0.211 e. The van der Waals surface area contributed by atoms with Crippen molar-refractivity contribution in [3.8, 4) is 5.75 Å². The van der Waals surface area contributed by atoms with Crippen molar-refractivity contribution in [3.05, 3.63) is 65.2 Å². The van der Waals surface area contributed by atoms with Gasteiger partial charge in [-0.05, 0) is 29.3 Å². The molecule has 0 aromatic heterocycles. The van der Waals surface area contributed by atoms with E-state index in [9.17, 15) is 8.78 Å². The molecular formula is C15H14F2N4O. The smallest absolute Gasteiger partial charge is 0.211 e. The molecule has 2 aromatic carbocycles. The summed E-state index contributed by atoms with van der Waals surface area (Å²) in [5, 5.41) is 7.17. The Morgan fingerprint density at radius 1 is 1.14 bits per heavy atom. The van der Waals surface area contributed by atoms with E-state index in [1.165, 1.54) is 6.21 Å². The van der Waals surface area contributed by atoms with Crippen LogP contribution in [0.1, 0.15) is 11.1 Å². The van der Waals surface area contributed by atoms with Crippen LogP contribution in [0.5, 0.6) is 5.75 Å². The van der Waals surface area contributed by atoms with Gasteiger partial charge < -0.3 is 16.2 Å². The summed E-state index contributed by atoms with van der Waals surface area (Å²) < 4.78 is 31.8. The van der Waals surface area contributed by atoms with Crippen molar-refractivity contribution in [2.24, 2.45) is 21.7 Å². The number of hydrogen-bond acceptors (Lipinski definition) is 3. The zero-order valence-electron chi connectivity index (χ0n) is 11.5. The van der Waals surface area contributed by atoms with Crippen molar-refractivity contribution < 1.29 is 13.5 Å². The van der Waals surface area contributed by atoms with Crippen molar-refractivity contribution in [2.75, 3.05) is 0 Å². The van der Waals surface area contributed by atoms with Crippen molar-refractivity contribution in [1.29, 1.82) is 0 Å². The van der Waals surface area contributed by atoms with E-state index in [1.54, 1.807) is 24.3 Å². The SMILES string of the molecule is NC(N)=NN=Cc1cccc(COc2cc(F)ccc2F)c1. The molecule has 0 radical (unpaired) electrons. The average Bonchev–Trinajstić information content (AvgIpc) is 2.48. The highest BCUT2D eigenvalue weighted by Gasteiger charge is 2.05. The molecule has 0 saturated heterocycles. The normalized spacial score (nSPS) is 10.6. The minimum Gasteiger partial charge on any atom is -0.486 e. The first-order chi connectivity index (χ1) is 10.5. The Morgan fingerprint density at radius 3 is 2.73 bits per heavy atom. The Hall–Kier alpha value is -2.96. The van der Waals surface area contributed by atoms with Crippen LogP contribution in [-0.2, 0) is 6.61 Å². The fraction of sp³-hybridized carbons (Fsp3) is 0.0667. The quantitative estimate of drug-likeness (QED) is 0.504. The van der Waals surface area contributed by atoms with Gasteiger partial charge in [0.15, 0.2) is 11.6 Å². The number of nitrogens with two attached hydrogens (primary N) is 2. The second kappa shape index (κ2) is 7.16. The highest BCUT2D eigenvalue weighted by molar-refractivity contribution is 5.81. The average molecular weight is 304 g/mol. The van der Waals surface area contributed by atoms with Crippen molar-refractivity contribution in [1.82, 2.24) is 0 Å². The predicted molar refractivity (Wildman–Crippen MR) is 80.5 cm³/mol. The van der Waals surface area contributed by atoms with E-state index in [4.69, 9.17) is 16.2 Å².